The predicted molar refractivity (Wildman–Crippen MR) is 165 cm³/mol. The number of aromatic nitrogens is 1. The van der Waals surface area contributed by atoms with E-state index in [1.807, 2.05) is 24.2 Å². The van der Waals surface area contributed by atoms with Crippen LogP contribution in [0.1, 0.15) is 63.7 Å². The minimum atomic E-state index is -0.765. The number of methoxy groups -OCH3 is 1. The van der Waals surface area contributed by atoms with E-state index >= 15 is 0 Å². The topological polar surface area (TPSA) is 151 Å². The Labute approximate surface area is 255 Å². The van der Waals surface area contributed by atoms with E-state index in [-0.39, 0.29) is 29.3 Å². The van der Waals surface area contributed by atoms with Crippen molar-refractivity contribution in [2.24, 2.45) is 5.73 Å². The number of nitrogens with two attached hydrogens (primary N) is 1. The molecule has 3 aromatic rings. The lowest BCUT2D eigenvalue weighted by Crippen LogP contribution is -2.69. The number of nitrogens with zero attached hydrogens (tertiary/aromatic N) is 3. The molecule has 44 heavy (non-hydrogen) atoms. The second-order valence-electron chi connectivity index (χ2n) is 11.7. The lowest BCUT2D eigenvalue weighted by Gasteiger charge is -2.49. The predicted octanol–water partition coefficient (Wildman–Crippen LogP) is 3.22. The van der Waals surface area contributed by atoms with Gasteiger partial charge >= 0.3 is 0 Å². The maximum Gasteiger partial charge on any atom is 0.252 e. The fraction of sp³-hybridized carbons (Fsp3) is 0.375. The van der Waals surface area contributed by atoms with Crippen LogP contribution in [0.4, 0.5) is 17.2 Å². The molecule has 4 heterocycles. The van der Waals surface area contributed by atoms with E-state index in [0.717, 1.165) is 18.7 Å². The van der Waals surface area contributed by atoms with Crippen molar-refractivity contribution in [3.63, 3.8) is 0 Å². The number of likely N-dealkylation sites (N-methyl/N-ethyl adjacent to an activating group) is 1. The van der Waals surface area contributed by atoms with Gasteiger partial charge in [0.25, 0.3) is 11.8 Å². The van der Waals surface area contributed by atoms with Crippen molar-refractivity contribution in [2.45, 2.75) is 50.4 Å². The van der Waals surface area contributed by atoms with Crippen LogP contribution in [0, 0.1) is 0 Å². The average molecular weight is 600 g/mol. The highest BCUT2D eigenvalue weighted by Gasteiger charge is 2.50. The number of pyridine rings is 1. The maximum absolute atomic E-state index is 13.9. The summed E-state index contributed by atoms with van der Waals surface area (Å²) in [6.07, 6.45) is 4.77. The number of Topliss-reactive ketones (excluding diaryl/α,β-unsaturated/α-hetero) is 1. The number of primary amides is 1. The van der Waals surface area contributed by atoms with E-state index < -0.39 is 11.6 Å². The molecule has 1 aromatic heterocycles. The normalized spacial score (nSPS) is 23.5. The molecule has 5 N–H and O–H groups in total. The molecule has 0 radical (unpaired) electrons. The Bertz CT molecular complexity index is 1580. The number of amides is 2. The molecule has 2 saturated heterocycles. The highest BCUT2D eigenvalue weighted by atomic mass is 16.5. The van der Waals surface area contributed by atoms with Gasteiger partial charge in [-0.25, -0.2) is 15.4 Å². The van der Waals surface area contributed by atoms with Crippen LogP contribution in [0.3, 0.4) is 0 Å². The van der Waals surface area contributed by atoms with Gasteiger partial charge in [0.15, 0.2) is 17.3 Å². The maximum atomic E-state index is 13.9. The molecule has 2 atom stereocenters. The number of anilines is 3. The van der Waals surface area contributed by atoms with Crippen LogP contribution in [0.5, 0.6) is 11.5 Å². The average Bonchev–Trinajstić information content (AvgIpc) is 3.27. The zero-order valence-electron chi connectivity index (χ0n) is 25.1. The van der Waals surface area contributed by atoms with Crippen LogP contribution in [-0.4, -0.2) is 72.6 Å². The number of hydrogen-bond acceptors (Lipinski definition) is 10. The highest BCUT2D eigenvalue weighted by molar-refractivity contribution is 6.03. The molecule has 2 aromatic carbocycles. The Balaban J connectivity index is 1.34. The Hall–Kier alpha value is -4.68. The van der Waals surface area contributed by atoms with Crippen molar-refractivity contribution < 1.29 is 23.9 Å². The van der Waals surface area contributed by atoms with Crippen molar-refractivity contribution in [1.29, 1.82) is 0 Å². The molecule has 6 bridgehead atoms. The van der Waals surface area contributed by atoms with Crippen LogP contribution in [0.25, 0.3) is 0 Å². The van der Waals surface area contributed by atoms with Gasteiger partial charge in [-0.1, -0.05) is 0 Å². The highest BCUT2D eigenvalue weighted by Crippen LogP contribution is 2.42. The van der Waals surface area contributed by atoms with Crippen LogP contribution in [0.15, 0.2) is 54.7 Å². The fourth-order valence-electron chi connectivity index (χ4n) is 6.62. The number of ketones is 1. The van der Waals surface area contributed by atoms with E-state index in [1.165, 1.54) is 6.92 Å². The number of ether oxygens (including phenoxy) is 2. The van der Waals surface area contributed by atoms with Gasteiger partial charge in [0.05, 0.1) is 18.4 Å². The largest absolute Gasteiger partial charge is 0.493 e. The minimum Gasteiger partial charge on any atom is -0.493 e. The lowest BCUT2D eigenvalue weighted by molar-refractivity contribution is 0.0484. The second-order valence-corrected chi connectivity index (χ2v) is 11.7. The van der Waals surface area contributed by atoms with Gasteiger partial charge in [-0.05, 0) is 62.2 Å². The Morgan fingerprint density at radius 1 is 1.09 bits per heavy atom. The van der Waals surface area contributed by atoms with E-state index in [1.54, 1.807) is 49.7 Å². The molecule has 0 saturated carbocycles. The van der Waals surface area contributed by atoms with Gasteiger partial charge in [-0.2, -0.15) is 0 Å². The minimum absolute atomic E-state index is 0.0212. The van der Waals surface area contributed by atoms with Gasteiger partial charge in [-0.3, -0.25) is 14.4 Å². The summed E-state index contributed by atoms with van der Waals surface area (Å²) in [6.45, 7) is 2.40. The molecule has 12 heteroatoms. The third kappa shape index (κ3) is 5.78. The third-order valence-electron chi connectivity index (χ3n) is 8.64. The van der Waals surface area contributed by atoms with Gasteiger partial charge in [0.2, 0.25) is 0 Å². The van der Waals surface area contributed by atoms with Crippen molar-refractivity contribution in [1.82, 2.24) is 20.7 Å². The number of fused-ring (bicyclic) bond motifs is 6. The lowest BCUT2D eigenvalue weighted by atomic mass is 9.90. The van der Waals surface area contributed by atoms with Crippen molar-refractivity contribution >= 4 is 34.8 Å². The van der Waals surface area contributed by atoms with E-state index in [4.69, 9.17) is 15.2 Å². The zero-order chi connectivity index (χ0) is 31.0. The Morgan fingerprint density at radius 3 is 2.52 bits per heavy atom. The monoisotopic (exact) mass is 599 g/mol. The summed E-state index contributed by atoms with van der Waals surface area (Å²) in [6, 6.07) is 14.1. The fourth-order valence-corrected chi connectivity index (χ4v) is 6.62. The van der Waals surface area contributed by atoms with Crippen LogP contribution in [0.2, 0.25) is 0 Å². The Kier molecular flexibility index (Phi) is 7.87. The van der Waals surface area contributed by atoms with Gasteiger partial charge < -0.3 is 30.7 Å². The van der Waals surface area contributed by atoms with Gasteiger partial charge in [0.1, 0.15) is 18.1 Å². The van der Waals surface area contributed by atoms with Crippen molar-refractivity contribution in [3.8, 4) is 11.5 Å². The molecule has 2 amide bonds. The smallest absolute Gasteiger partial charge is 0.252 e. The number of hydrogen-bond donors (Lipinski definition) is 4. The first-order valence-corrected chi connectivity index (χ1v) is 14.7. The second kappa shape index (κ2) is 11.8. The summed E-state index contributed by atoms with van der Waals surface area (Å²) in [4.78, 5) is 44.9. The van der Waals surface area contributed by atoms with Gasteiger partial charge in [0, 0.05) is 67.6 Å². The number of carbonyl (C=O) groups is 3. The van der Waals surface area contributed by atoms with Crippen LogP contribution in [-0.2, 0) is 0 Å². The molecule has 2 fully saturated rings. The zero-order valence-corrected chi connectivity index (χ0v) is 25.1. The summed E-state index contributed by atoms with van der Waals surface area (Å²) in [5, 5.41) is 8.51. The summed E-state index contributed by atoms with van der Waals surface area (Å²) >= 11 is 0. The number of rotatable bonds is 4. The van der Waals surface area contributed by atoms with Crippen LogP contribution >= 0.6 is 0 Å². The summed E-state index contributed by atoms with van der Waals surface area (Å²) < 4.78 is 11.6. The Morgan fingerprint density at radius 2 is 1.86 bits per heavy atom. The number of benzene rings is 2. The van der Waals surface area contributed by atoms with Gasteiger partial charge in [-0.15, -0.1) is 0 Å². The number of hydrazine groups is 1. The number of carbonyl (C=O) groups excluding carboxylic acids is 3. The first kappa shape index (κ1) is 29.4. The van der Waals surface area contributed by atoms with E-state index in [9.17, 15) is 14.4 Å². The SMILES string of the molecule is COc1ccc2cc1OCCN(C)NC1(CC3CCC(C1)N3c1ccc(C(C)=O)cn1)NC(=O)c1ccc(C(N)=O)c(c1)N2. The first-order valence-electron chi connectivity index (χ1n) is 14.7. The number of piperidine rings is 1. The van der Waals surface area contributed by atoms with Crippen LogP contribution < -0.4 is 36.2 Å². The molecule has 230 valence electrons. The molecule has 12 nitrogen and oxygen atoms in total. The third-order valence-corrected chi connectivity index (χ3v) is 8.64. The summed E-state index contributed by atoms with van der Waals surface area (Å²) in [7, 11) is 3.51. The molecule has 6 rings (SSSR count). The molecular weight excluding hydrogens is 562 g/mol. The van der Waals surface area contributed by atoms with Crippen molar-refractivity contribution in [3.05, 3.63) is 71.4 Å². The first-order chi connectivity index (χ1) is 21.1. The molecule has 3 aliphatic heterocycles. The standard InChI is InChI=1S/C32H37N7O5/c1-19(40)21-5-11-29(34-18-21)39-23-7-8-24(39)17-32(16-23)36-31(42)20-4-9-25(30(33)41)26(14-20)35-22-6-10-27(43-3)28(15-22)44-13-12-38(2)37-32/h4-6,9-11,14-15,18,23-24,35,37H,7-8,12-13,16-17H2,1-3H3,(H2,33,41)(H,36,42). The quantitative estimate of drug-likeness (QED) is 0.329. The summed E-state index contributed by atoms with van der Waals surface area (Å²) in [5.74, 6) is 1.03. The van der Waals surface area contributed by atoms with Crippen molar-refractivity contribution in [2.75, 3.05) is 37.5 Å². The molecule has 1 spiro atoms. The van der Waals surface area contributed by atoms with E-state index in [2.05, 4.69) is 25.9 Å². The summed E-state index contributed by atoms with van der Waals surface area (Å²) in [5.41, 5.74) is 10.8. The molecule has 2 unspecified atom stereocenters. The molecule has 3 aliphatic rings. The molecular formula is C32H37N7O5. The molecule has 0 aliphatic carbocycles. The number of nitrogens with one attached hydrogen (secondary N) is 3. The van der Waals surface area contributed by atoms with E-state index in [0.29, 0.717) is 60.0 Å².